The van der Waals surface area contributed by atoms with Gasteiger partial charge in [-0.3, -0.25) is 9.69 Å². The molecule has 0 aromatic carbocycles. The summed E-state index contributed by atoms with van der Waals surface area (Å²) < 4.78 is 10.5. The van der Waals surface area contributed by atoms with Crippen LogP contribution in [0.4, 0.5) is 0 Å². The molecule has 5 heteroatoms. The summed E-state index contributed by atoms with van der Waals surface area (Å²) >= 11 is 0. The largest absolute Gasteiger partial charge is 0.481 e. The SMILES string of the molecule is CCCC1(C(=O)O)CCCN(CCOCCCOC)C1. The van der Waals surface area contributed by atoms with Crippen molar-refractivity contribution < 1.29 is 19.4 Å². The average molecular weight is 287 g/mol. The van der Waals surface area contributed by atoms with Crippen LogP contribution in [0.25, 0.3) is 0 Å². The zero-order valence-corrected chi connectivity index (χ0v) is 12.9. The molecule has 0 spiro atoms. The Hall–Kier alpha value is -0.650. The van der Waals surface area contributed by atoms with Gasteiger partial charge in [-0.25, -0.2) is 0 Å². The van der Waals surface area contributed by atoms with E-state index in [9.17, 15) is 9.90 Å². The third-order valence-electron chi connectivity index (χ3n) is 4.03. The van der Waals surface area contributed by atoms with Crippen LogP contribution >= 0.6 is 0 Å². The third-order valence-corrected chi connectivity index (χ3v) is 4.03. The fraction of sp³-hybridized carbons (Fsp3) is 0.933. The maximum absolute atomic E-state index is 11.6. The Bertz CT molecular complexity index is 281. The first-order valence-corrected chi connectivity index (χ1v) is 7.67. The molecular formula is C15H29NO4. The number of aliphatic carboxylic acids is 1. The van der Waals surface area contributed by atoms with E-state index in [4.69, 9.17) is 9.47 Å². The van der Waals surface area contributed by atoms with Gasteiger partial charge in [0.25, 0.3) is 0 Å². The zero-order valence-electron chi connectivity index (χ0n) is 12.9. The van der Waals surface area contributed by atoms with Crippen LogP contribution in [-0.2, 0) is 14.3 Å². The van der Waals surface area contributed by atoms with Crippen LogP contribution in [-0.4, -0.2) is 62.5 Å². The van der Waals surface area contributed by atoms with Gasteiger partial charge in [0.1, 0.15) is 0 Å². The molecule has 0 aromatic heterocycles. The van der Waals surface area contributed by atoms with E-state index in [0.29, 0.717) is 19.8 Å². The first kappa shape index (κ1) is 17.4. The zero-order chi connectivity index (χ0) is 14.8. The molecule has 1 unspecified atom stereocenters. The summed E-state index contributed by atoms with van der Waals surface area (Å²) in [6.07, 6.45) is 4.38. The maximum Gasteiger partial charge on any atom is 0.310 e. The summed E-state index contributed by atoms with van der Waals surface area (Å²) in [5.74, 6) is -0.634. The molecule has 1 aliphatic heterocycles. The van der Waals surface area contributed by atoms with Crippen LogP contribution in [0.1, 0.15) is 39.0 Å². The molecule has 1 atom stereocenters. The standard InChI is InChI=1S/C15H29NO4/c1-3-6-15(14(17)18)7-4-8-16(13-15)9-12-20-11-5-10-19-2/h3-13H2,1-2H3,(H,17,18). The molecule has 0 amide bonds. The molecule has 0 radical (unpaired) electrons. The lowest BCUT2D eigenvalue weighted by Gasteiger charge is -2.39. The number of carbonyl (C=O) groups is 1. The minimum Gasteiger partial charge on any atom is -0.481 e. The van der Waals surface area contributed by atoms with E-state index in [0.717, 1.165) is 51.8 Å². The van der Waals surface area contributed by atoms with Crippen LogP contribution in [0, 0.1) is 5.41 Å². The summed E-state index contributed by atoms with van der Waals surface area (Å²) in [5, 5.41) is 9.53. The predicted molar refractivity (Wildman–Crippen MR) is 78.0 cm³/mol. The van der Waals surface area contributed by atoms with Crippen molar-refractivity contribution in [2.24, 2.45) is 5.41 Å². The van der Waals surface area contributed by atoms with E-state index in [1.807, 2.05) is 0 Å². The molecule has 1 aliphatic rings. The van der Waals surface area contributed by atoms with Crippen molar-refractivity contribution in [2.75, 3.05) is 46.6 Å². The van der Waals surface area contributed by atoms with Crippen LogP contribution in [0.3, 0.4) is 0 Å². The number of nitrogens with zero attached hydrogens (tertiary/aromatic N) is 1. The number of likely N-dealkylation sites (tertiary alicyclic amines) is 1. The Balaban J connectivity index is 2.31. The molecule has 0 aliphatic carbocycles. The number of rotatable bonds is 10. The van der Waals surface area contributed by atoms with Gasteiger partial charge >= 0.3 is 5.97 Å². The van der Waals surface area contributed by atoms with E-state index >= 15 is 0 Å². The number of hydrogen-bond donors (Lipinski definition) is 1. The third kappa shape index (κ3) is 5.38. The van der Waals surface area contributed by atoms with E-state index in [2.05, 4.69) is 11.8 Å². The van der Waals surface area contributed by atoms with Gasteiger partial charge in [0.2, 0.25) is 0 Å². The molecule has 1 fully saturated rings. The van der Waals surface area contributed by atoms with Gasteiger partial charge in [-0.15, -0.1) is 0 Å². The molecule has 118 valence electrons. The maximum atomic E-state index is 11.6. The second-order valence-electron chi connectivity index (χ2n) is 5.67. The normalized spacial score (nSPS) is 23.9. The fourth-order valence-corrected chi connectivity index (χ4v) is 2.98. The van der Waals surface area contributed by atoms with Gasteiger partial charge in [-0.2, -0.15) is 0 Å². The number of hydrogen-bond acceptors (Lipinski definition) is 4. The Morgan fingerprint density at radius 1 is 1.35 bits per heavy atom. The van der Waals surface area contributed by atoms with E-state index in [1.54, 1.807) is 7.11 Å². The summed E-state index contributed by atoms with van der Waals surface area (Å²) in [4.78, 5) is 13.8. The van der Waals surface area contributed by atoms with Gasteiger partial charge in [0.05, 0.1) is 12.0 Å². The van der Waals surface area contributed by atoms with Gasteiger partial charge in [0, 0.05) is 33.4 Å². The first-order chi connectivity index (χ1) is 9.64. The molecule has 1 N–H and O–H groups in total. The highest BCUT2D eigenvalue weighted by molar-refractivity contribution is 5.75. The lowest BCUT2D eigenvalue weighted by molar-refractivity contribution is -0.153. The van der Waals surface area contributed by atoms with Crippen molar-refractivity contribution in [3.05, 3.63) is 0 Å². The predicted octanol–water partition coefficient (Wildman–Crippen LogP) is 2.01. The number of carboxylic acids is 1. The van der Waals surface area contributed by atoms with Crippen LogP contribution < -0.4 is 0 Å². The van der Waals surface area contributed by atoms with Crippen LogP contribution in [0.15, 0.2) is 0 Å². The van der Waals surface area contributed by atoms with Crippen LogP contribution in [0.5, 0.6) is 0 Å². The molecular weight excluding hydrogens is 258 g/mol. The first-order valence-electron chi connectivity index (χ1n) is 7.67. The summed E-state index contributed by atoms with van der Waals surface area (Å²) in [6, 6.07) is 0. The summed E-state index contributed by atoms with van der Waals surface area (Å²) in [7, 11) is 1.69. The molecule has 1 heterocycles. The molecule has 5 nitrogen and oxygen atoms in total. The second-order valence-corrected chi connectivity index (χ2v) is 5.67. The Kier molecular flexibility index (Phi) is 8.11. The fourth-order valence-electron chi connectivity index (χ4n) is 2.98. The Morgan fingerprint density at radius 2 is 2.15 bits per heavy atom. The van der Waals surface area contributed by atoms with Crippen molar-refractivity contribution in [3.8, 4) is 0 Å². The van der Waals surface area contributed by atoms with E-state index < -0.39 is 11.4 Å². The van der Waals surface area contributed by atoms with Crippen molar-refractivity contribution in [3.63, 3.8) is 0 Å². The van der Waals surface area contributed by atoms with Gasteiger partial charge in [-0.1, -0.05) is 13.3 Å². The minimum absolute atomic E-state index is 0.539. The molecule has 0 saturated carbocycles. The van der Waals surface area contributed by atoms with Crippen molar-refractivity contribution in [1.82, 2.24) is 4.90 Å². The van der Waals surface area contributed by atoms with Crippen LogP contribution in [0.2, 0.25) is 0 Å². The molecule has 1 saturated heterocycles. The number of carboxylic acid groups (broad SMARTS) is 1. The average Bonchev–Trinajstić information content (AvgIpc) is 2.43. The lowest BCUT2D eigenvalue weighted by atomic mass is 9.76. The smallest absolute Gasteiger partial charge is 0.310 e. The van der Waals surface area contributed by atoms with Crippen molar-refractivity contribution >= 4 is 5.97 Å². The lowest BCUT2D eigenvalue weighted by Crippen LogP contribution is -2.48. The topological polar surface area (TPSA) is 59.0 Å². The number of ether oxygens (including phenoxy) is 2. The molecule has 0 bridgehead atoms. The molecule has 20 heavy (non-hydrogen) atoms. The van der Waals surface area contributed by atoms with Gasteiger partial charge in [0.15, 0.2) is 0 Å². The summed E-state index contributed by atoms with van der Waals surface area (Å²) in [6.45, 7) is 6.64. The number of methoxy groups -OCH3 is 1. The van der Waals surface area contributed by atoms with E-state index in [1.165, 1.54) is 0 Å². The molecule has 1 rings (SSSR count). The van der Waals surface area contributed by atoms with Crippen molar-refractivity contribution in [1.29, 1.82) is 0 Å². The van der Waals surface area contributed by atoms with Gasteiger partial charge in [-0.05, 0) is 32.2 Å². The minimum atomic E-state index is -0.634. The highest BCUT2D eigenvalue weighted by Gasteiger charge is 2.41. The van der Waals surface area contributed by atoms with E-state index in [-0.39, 0.29) is 0 Å². The highest BCUT2D eigenvalue weighted by Crippen LogP contribution is 2.34. The van der Waals surface area contributed by atoms with Crippen molar-refractivity contribution in [2.45, 2.75) is 39.0 Å². The molecule has 0 aromatic rings. The quantitative estimate of drug-likeness (QED) is 0.623. The highest BCUT2D eigenvalue weighted by atomic mass is 16.5. The monoisotopic (exact) mass is 287 g/mol. The Labute approximate surface area is 122 Å². The Morgan fingerprint density at radius 3 is 2.80 bits per heavy atom. The van der Waals surface area contributed by atoms with Gasteiger partial charge < -0.3 is 14.6 Å². The second kappa shape index (κ2) is 9.32. The number of piperidine rings is 1. The summed E-state index contributed by atoms with van der Waals surface area (Å²) in [5.41, 5.74) is -0.539.